The molecule has 4 heteroatoms. The lowest BCUT2D eigenvalue weighted by molar-refractivity contribution is 0.504. The highest BCUT2D eigenvalue weighted by Gasteiger charge is 2.13. The van der Waals surface area contributed by atoms with Crippen molar-refractivity contribution in [2.75, 3.05) is 0 Å². The first-order chi connectivity index (χ1) is 8.72. The van der Waals surface area contributed by atoms with Crippen LogP contribution in [0.25, 0.3) is 11.1 Å². The molecule has 0 aliphatic carbocycles. The van der Waals surface area contributed by atoms with Crippen molar-refractivity contribution in [1.29, 1.82) is 0 Å². The Kier molecular flexibility index (Phi) is 2.89. The van der Waals surface area contributed by atoms with Gasteiger partial charge in [-0.05, 0) is 31.2 Å². The van der Waals surface area contributed by atoms with Crippen LogP contribution in [-0.2, 0) is 6.42 Å². The van der Waals surface area contributed by atoms with Gasteiger partial charge in [-0.1, -0.05) is 12.1 Å². The first-order valence-corrected chi connectivity index (χ1v) is 6.70. The Bertz CT molecular complexity index is 638. The molecule has 2 aromatic heterocycles. The number of nitrogens with zero attached hydrogens (tertiary/aromatic N) is 1. The lowest BCUT2D eigenvalue weighted by Crippen LogP contribution is -2.11. The fraction of sp³-hybridized carbons (Fsp3) is 0.214. The first kappa shape index (κ1) is 11.4. The fourth-order valence-corrected chi connectivity index (χ4v) is 2.83. The molecule has 1 unspecified atom stereocenters. The molecule has 0 amide bonds. The number of oxazole rings is 1. The second-order valence-corrected chi connectivity index (χ2v) is 5.65. The Morgan fingerprint density at radius 3 is 2.83 bits per heavy atom. The standard InChI is InChI=1S/C14H14N2OS/c1-9-6-7-13(18-9)10(15)8-14-16-11-4-2-3-5-12(11)17-14/h2-7,10H,8,15H2,1H3. The molecule has 92 valence electrons. The van der Waals surface area contributed by atoms with Gasteiger partial charge < -0.3 is 10.2 Å². The van der Waals surface area contributed by atoms with E-state index in [4.69, 9.17) is 10.2 Å². The number of para-hydroxylation sites is 2. The summed E-state index contributed by atoms with van der Waals surface area (Å²) in [7, 11) is 0. The van der Waals surface area contributed by atoms with Crippen LogP contribution in [0.15, 0.2) is 40.8 Å². The van der Waals surface area contributed by atoms with Crippen LogP contribution in [0.4, 0.5) is 0 Å². The quantitative estimate of drug-likeness (QED) is 0.783. The number of aryl methyl sites for hydroxylation is 1. The highest BCUT2D eigenvalue weighted by Crippen LogP contribution is 2.25. The summed E-state index contributed by atoms with van der Waals surface area (Å²) in [4.78, 5) is 6.89. The molecule has 0 saturated carbocycles. The Hall–Kier alpha value is -1.65. The first-order valence-electron chi connectivity index (χ1n) is 5.89. The number of fused-ring (bicyclic) bond motifs is 1. The summed E-state index contributed by atoms with van der Waals surface area (Å²) in [6.07, 6.45) is 0.634. The second kappa shape index (κ2) is 4.55. The Morgan fingerprint density at radius 2 is 2.11 bits per heavy atom. The molecule has 0 spiro atoms. The predicted molar refractivity (Wildman–Crippen MR) is 73.7 cm³/mol. The average Bonchev–Trinajstić information content (AvgIpc) is 2.94. The van der Waals surface area contributed by atoms with Gasteiger partial charge in [0, 0.05) is 22.2 Å². The number of hydrogen-bond donors (Lipinski definition) is 1. The zero-order valence-electron chi connectivity index (χ0n) is 10.1. The highest BCUT2D eigenvalue weighted by molar-refractivity contribution is 7.12. The second-order valence-electron chi connectivity index (χ2n) is 4.33. The third kappa shape index (κ3) is 2.17. The topological polar surface area (TPSA) is 52.0 Å². The van der Waals surface area contributed by atoms with E-state index in [2.05, 4.69) is 24.0 Å². The van der Waals surface area contributed by atoms with Crippen molar-refractivity contribution in [2.24, 2.45) is 5.73 Å². The van der Waals surface area contributed by atoms with E-state index < -0.39 is 0 Å². The molecular weight excluding hydrogens is 244 g/mol. The number of aromatic nitrogens is 1. The predicted octanol–water partition coefficient (Wildman–Crippen LogP) is 3.44. The van der Waals surface area contributed by atoms with E-state index in [1.165, 1.54) is 9.75 Å². The van der Waals surface area contributed by atoms with Gasteiger partial charge in [0.05, 0.1) is 0 Å². The van der Waals surface area contributed by atoms with Crippen LogP contribution in [-0.4, -0.2) is 4.98 Å². The molecule has 2 heterocycles. The molecule has 3 nitrogen and oxygen atoms in total. The third-order valence-electron chi connectivity index (χ3n) is 2.86. The zero-order chi connectivity index (χ0) is 12.5. The molecular formula is C14H14N2OS. The average molecular weight is 258 g/mol. The van der Waals surface area contributed by atoms with Gasteiger partial charge in [0.2, 0.25) is 0 Å². The molecule has 18 heavy (non-hydrogen) atoms. The Morgan fingerprint density at radius 1 is 1.28 bits per heavy atom. The van der Waals surface area contributed by atoms with Crippen molar-refractivity contribution < 1.29 is 4.42 Å². The van der Waals surface area contributed by atoms with Crippen LogP contribution >= 0.6 is 11.3 Å². The van der Waals surface area contributed by atoms with E-state index in [9.17, 15) is 0 Å². The summed E-state index contributed by atoms with van der Waals surface area (Å²) in [5.41, 5.74) is 7.88. The minimum Gasteiger partial charge on any atom is -0.441 e. The molecule has 0 saturated heterocycles. The van der Waals surface area contributed by atoms with E-state index in [1.807, 2.05) is 24.3 Å². The highest BCUT2D eigenvalue weighted by atomic mass is 32.1. The molecule has 0 aliphatic heterocycles. The van der Waals surface area contributed by atoms with Gasteiger partial charge in [-0.2, -0.15) is 0 Å². The summed E-state index contributed by atoms with van der Waals surface area (Å²) in [6.45, 7) is 2.08. The Balaban J connectivity index is 1.83. The number of rotatable bonds is 3. The monoisotopic (exact) mass is 258 g/mol. The van der Waals surface area contributed by atoms with Crippen molar-refractivity contribution in [3.05, 3.63) is 52.0 Å². The van der Waals surface area contributed by atoms with Crippen molar-refractivity contribution in [3.8, 4) is 0 Å². The van der Waals surface area contributed by atoms with Gasteiger partial charge in [0.1, 0.15) is 5.52 Å². The molecule has 2 N–H and O–H groups in total. The molecule has 3 rings (SSSR count). The lowest BCUT2D eigenvalue weighted by Gasteiger charge is -2.05. The summed E-state index contributed by atoms with van der Waals surface area (Å²) < 4.78 is 5.68. The lowest BCUT2D eigenvalue weighted by atomic mass is 10.2. The van der Waals surface area contributed by atoms with Crippen molar-refractivity contribution >= 4 is 22.4 Å². The summed E-state index contributed by atoms with van der Waals surface area (Å²) in [5, 5.41) is 0. The fourth-order valence-electron chi connectivity index (χ4n) is 1.95. The van der Waals surface area contributed by atoms with Gasteiger partial charge >= 0.3 is 0 Å². The minimum atomic E-state index is -0.0447. The minimum absolute atomic E-state index is 0.0447. The normalized spacial score (nSPS) is 13.0. The van der Waals surface area contributed by atoms with Crippen LogP contribution in [0.2, 0.25) is 0 Å². The smallest absolute Gasteiger partial charge is 0.197 e. The maximum absolute atomic E-state index is 6.17. The SMILES string of the molecule is Cc1ccc(C(N)Cc2nc3ccccc3o2)s1. The van der Waals surface area contributed by atoms with Crippen molar-refractivity contribution in [1.82, 2.24) is 4.98 Å². The zero-order valence-corrected chi connectivity index (χ0v) is 10.9. The van der Waals surface area contributed by atoms with E-state index >= 15 is 0 Å². The number of nitrogens with two attached hydrogens (primary N) is 1. The molecule has 1 atom stereocenters. The summed E-state index contributed by atoms with van der Waals surface area (Å²) in [5.74, 6) is 0.703. The van der Waals surface area contributed by atoms with Gasteiger partial charge in [-0.15, -0.1) is 11.3 Å². The van der Waals surface area contributed by atoms with Crippen molar-refractivity contribution in [2.45, 2.75) is 19.4 Å². The van der Waals surface area contributed by atoms with E-state index in [0.29, 0.717) is 12.3 Å². The molecule has 3 aromatic rings. The van der Waals surface area contributed by atoms with Crippen molar-refractivity contribution in [3.63, 3.8) is 0 Å². The maximum Gasteiger partial charge on any atom is 0.197 e. The van der Waals surface area contributed by atoms with E-state index in [-0.39, 0.29) is 6.04 Å². The molecule has 0 bridgehead atoms. The molecule has 0 aliphatic rings. The van der Waals surface area contributed by atoms with Gasteiger partial charge in [0.25, 0.3) is 0 Å². The van der Waals surface area contributed by atoms with Gasteiger partial charge in [-0.3, -0.25) is 0 Å². The van der Waals surface area contributed by atoms with Crippen LogP contribution in [0.5, 0.6) is 0 Å². The molecule has 0 radical (unpaired) electrons. The van der Waals surface area contributed by atoms with Crippen LogP contribution < -0.4 is 5.73 Å². The van der Waals surface area contributed by atoms with E-state index in [1.54, 1.807) is 11.3 Å². The third-order valence-corrected chi connectivity index (χ3v) is 3.99. The van der Waals surface area contributed by atoms with Gasteiger partial charge in [-0.25, -0.2) is 4.98 Å². The van der Waals surface area contributed by atoms with Gasteiger partial charge in [0.15, 0.2) is 11.5 Å². The Labute approximate surface area is 109 Å². The van der Waals surface area contributed by atoms with Crippen LogP contribution in [0.3, 0.4) is 0 Å². The maximum atomic E-state index is 6.17. The van der Waals surface area contributed by atoms with E-state index in [0.717, 1.165) is 11.1 Å². The molecule has 1 aromatic carbocycles. The number of thiophene rings is 1. The van der Waals surface area contributed by atoms with Crippen LogP contribution in [0, 0.1) is 6.92 Å². The largest absolute Gasteiger partial charge is 0.441 e. The summed E-state index contributed by atoms with van der Waals surface area (Å²) in [6, 6.07) is 11.9. The van der Waals surface area contributed by atoms with Crippen LogP contribution in [0.1, 0.15) is 21.7 Å². The molecule has 0 fully saturated rings. The number of hydrogen-bond acceptors (Lipinski definition) is 4. The number of benzene rings is 1. The summed E-state index contributed by atoms with van der Waals surface area (Å²) >= 11 is 1.73.